The second-order valence-electron chi connectivity index (χ2n) is 11.2. The van der Waals surface area contributed by atoms with Gasteiger partial charge in [0.05, 0.1) is 27.9 Å². The Labute approximate surface area is 242 Å². The second-order valence-corrected chi connectivity index (χ2v) is 15.2. The molecule has 2 aliphatic heterocycles. The Morgan fingerprint density at radius 2 is 1.71 bits per heavy atom. The lowest BCUT2D eigenvalue weighted by Gasteiger charge is -2.43. The Balaban J connectivity index is 1.48. The topological polar surface area (TPSA) is 135 Å². The van der Waals surface area contributed by atoms with Gasteiger partial charge in [-0.15, -0.1) is 0 Å². The van der Waals surface area contributed by atoms with Crippen LogP contribution in [0.5, 0.6) is 0 Å². The highest BCUT2D eigenvalue weighted by molar-refractivity contribution is 7.91. The predicted molar refractivity (Wildman–Crippen MR) is 148 cm³/mol. The molecule has 0 unspecified atom stereocenters. The summed E-state index contributed by atoms with van der Waals surface area (Å²) < 4.78 is 95.6. The van der Waals surface area contributed by atoms with E-state index in [1.807, 2.05) is 0 Å². The number of halogens is 3. The summed E-state index contributed by atoms with van der Waals surface area (Å²) in [4.78, 5) is 27.5. The Morgan fingerprint density at radius 1 is 1.00 bits per heavy atom. The lowest BCUT2D eigenvalue weighted by molar-refractivity contribution is -0.139. The van der Waals surface area contributed by atoms with Crippen molar-refractivity contribution in [2.45, 2.75) is 61.2 Å². The van der Waals surface area contributed by atoms with E-state index in [1.165, 1.54) is 27.4 Å². The third-order valence-corrected chi connectivity index (χ3v) is 12.5. The Kier molecular flexibility index (Phi) is 8.18. The van der Waals surface area contributed by atoms with Gasteiger partial charge >= 0.3 is 6.18 Å². The van der Waals surface area contributed by atoms with Crippen LogP contribution in [0.25, 0.3) is 0 Å². The van der Waals surface area contributed by atoms with Crippen molar-refractivity contribution < 1.29 is 39.6 Å². The maximum Gasteiger partial charge on any atom is 0.416 e. The first-order chi connectivity index (χ1) is 19.7. The van der Waals surface area contributed by atoms with Gasteiger partial charge in [-0.05, 0) is 67.9 Å². The smallest absolute Gasteiger partial charge is 0.366 e. The number of likely N-dealkylation sites (tertiary alicyclic amines) is 1. The van der Waals surface area contributed by atoms with E-state index >= 15 is 0 Å². The van der Waals surface area contributed by atoms with Crippen molar-refractivity contribution in [3.63, 3.8) is 0 Å². The number of primary amides is 1. The van der Waals surface area contributed by atoms with Crippen LogP contribution in [-0.4, -0.2) is 74.5 Å². The molecule has 3 fully saturated rings. The number of carbonyl (C=O) groups excluding carboxylic acids is 2. The number of sulfone groups is 1. The highest BCUT2D eigenvalue weighted by Gasteiger charge is 2.48. The standard InChI is InChI=1S/C28H32F3N3O6S2/c29-28(30,31)23-9-4-8-21(26(32)35)25(23)22-12-14-33(27(22)36)24-11-10-19(34-13-5-15-42(34,39)40)16-18(24)17-41(37,38)20-6-2-1-3-7-20/h1-4,6-9,18-19,22,24H,5,10-17H2,(H2,32,35)/t18-,19+,22-,24-/m0/s1. The highest BCUT2D eigenvalue weighted by Crippen LogP contribution is 2.44. The van der Waals surface area contributed by atoms with Gasteiger partial charge in [-0.25, -0.2) is 16.8 Å². The molecule has 1 aliphatic carbocycles. The van der Waals surface area contributed by atoms with E-state index < -0.39 is 72.9 Å². The molecule has 0 spiro atoms. The number of benzene rings is 2. The Hall–Kier alpha value is -2.97. The molecule has 2 aromatic rings. The van der Waals surface area contributed by atoms with Crippen molar-refractivity contribution in [1.82, 2.24) is 9.21 Å². The van der Waals surface area contributed by atoms with Gasteiger partial charge in [0.25, 0.3) is 0 Å². The van der Waals surface area contributed by atoms with E-state index in [1.54, 1.807) is 18.2 Å². The van der Waals surface area contributed by atoms with Crippen LogP contribution in [-0.2, 0) is 30.8 Å². The fourth-order valence-corrected chi connectivity index (χ4v) is 10.3. The predicted octanol–water partition coefficient (Wildman–Crippen LogP) is 3.17. The quantitative estimate of drug-likeness (QED) is 0.501. The number of sulfonamides is 1. The molecule has 42 heavy (non-hydrogen) atoms. The summed E-state index contributed by atoms with van der Waals surface area (Å²) in [7, 11) is -7.32. The van der Waals surface area contributed by atoms with Gasteiger partial charge in [0, 0.05) is 30.7 Å². The average Bonchev–Trinajstić information content (AvgIpc) is 3.48. The molecule has 4 atom stereocenters. The maximum atomic E-state index is 14.0. The van der Waals surface area contributed by atoms with E-state index in [0.717, 1.165) is 12.1 Å². The SMILES string of the molecule is NC(=O)c1cccc(C(F)(F)F)c1[C@@H]1CCN([C@H]2CC[C@@H](N3CCCS3(=O)=O)C[C@H]2CS(=O)(=O)c2ccccc2)C1=O. The summed E-state index contributed by atoms with van der Waals surface area (Å²) in [6.07, 6.45) is -3.51. The van der Waals surface area contributed by atoms with Crippen molar-refractivity contribution in [2.75, 3.05) is 24.6 Å². The van der Waals surface area contributed by atoms with Gasteiger partial charge in [0.1, 0.15) is 0 Å². The molecule has 9 nitrogen and oxygen atoms in total. The molecular weight excluding hydrogens is 595 g/mol. The number of hydrogen-bond acceptors (Lipinski definition) is 6. The van der Waals surface area contributed by atoms with Crippen molar-refractivity contribution >= 4 is 31.7 Å². The second kappa shape index (κ2) is 11.3. The Morgan fingerprint density at radius 3 is 2.33 bits per heavy atom. The van der Waals surface area contributed by atoms with Crippen LogP contribution < -0.4 is 5.73 Å². The maximum absolute atomic E-state index is 14.0. The van der Waals surface area contributed by atoms with Crippen LogP contribution in [0.2, 0.25) is 0 Å². The molecule has 2 heterocycles. The molecule has 2 N–H and O–H groups in total. The summed E-state index contributed by atoms with van der Waals surface area (Å²) in [6.45, 7) is 0.401. The summed E-state index contributed by atoms with van der Waals surface area (Å²) >= 11 is 0. The monoisotopic (exact) mass is 627 g/mol. The van der Waals surface area contributed by atoms with Crippen LogP contribution in [0.3, 0.4) is 0 Å². The van der Waals surface area contributed by atoms with Crippen LogP contribution in [0.1, 0.15) is 59.5 Å². The number of amides is 2. The van der Waals surface area contributed by atoms with Crippen molar-refractivity contribution in [3.8, 4) is 0 Å². The third-order valence-electron chi connectivity index (χ3n) is 8.66. The molecular formula is C28H32F3N3O6S2. The molecule has 2 saturated heterocycles. The van der Waals surface area contributed by atoms with E-state index in [4.69, 9.17) is 5.73 Å². The highest BCUT2D eigenvalue weighted by atomic mass is 32.2. The van der Waals surface area contributed by atoms with Crippen molar-refractivity contribution in [1.29, 1.82) is 0 Å². The molecule has 3 aliphatic rings. The third kappa shape index (κ3) is 5.80. The van der Waals surface area contributed by atoms with E-state index in [0.29, 0.717) is 19.4 Å². The summed E-state index contributed by atoms with van der Waals surface area (Å²) in [5.74, 6) is -4.00. The van der Waals surface area contributed by atoms with E-state index in [-0.39, 0.29) is 47.8 Å². The minimum atomic E-state index is -4.83. The Bertz CT molecular complexity index is 1580. The fraction of sp³-hybridized carbons (Fsp3) is 0.500. The zero-order chi connectivity index (χ0) is 30.4. The number of carbonyl (C=O) groups is 2. The largest absolute Gasteiger partial charge is 0.416 e. The number of hydrogen-bond donors (Lipinski definition) is 1. The fourth-order valence-electron chi connectivity index (χ4n) is 6.85. The first kappa shape index (κ1) is 30.5. The molecule has 0 radical (unpaired) electrons. The number of nitrogens with zero attached hydrogens (tertiary/aromatic N) is 2. The normalized spacial score (nSPS) is 26.9. The first-order valence-corrected chi connectivity index (χ1v) is 17.0. The molecule has 0 aromatic heterocycles. The molecule has 5 rings (SSSR count). The lowest BCUT2D eigenvalue weighted by Crippen LogP contribution is -2.51. The molecule has 14 heteroatoms. The zero-order valence-electron chi connectivity index (χ0n) is 22.7. The molecule has 2 amide bonds. The number of nitrogens with two attached hydrogens (primary N) is 1. The van der Waals surface area contributed by atoms with Crippen molar-refractivity contribution in [2.24, 2.45) is 11.7 Å². The van der Waals surface area contributed by atoms with Gasteiger partial charge < -0.3 is 10.6 Å². The van der Waals surface area contributed by atoms with Gasteiger partial charge in [-0.3, -0.25) is 9.59 Å². The molecule has 0 bridgehead atoms. The minimum Gasteiger partial charge on any atom is -0.366 e. The first-order valence-electron chi connectivity index (χ1n) is 13.8. The van der Waals surface area contributed by atoms with E-state index in [9.17, 15) is 39.6 Å². The van der Waals surface area contributed by atoms with Crippen LogP contribution in [0.15, 0.2) is 53.4 Å². The lowest BCUT2D eigenvalue weighted by atomic mass is 9.81. The van der Waals surface area contributed by atoms with Gasteiger partial charge in [0.2, 0.25) is 21.8 Å². The molecule has 228 valence electrons. The number of rotatable bonds is 7. The summed E-state index contributed by atoms with van der Waals surface area (Å²) in [5, 5.41) is 0. The van der Waals surface area contributed by atoms with Gasteiger partial charge in [-0.2, -0.15) is 17.5 Å². The summed E-state index contributed by atoms with van der Waals surface area (Å²) in [6, 6.07) is 9.76. The molecule has 1 saturated carbocycles. The van der Waals surface area contributed by atoms with Crippen LogP contribution in [0.4, 0.5) is 13.2 Å². The van der Waals surface area contributed by atoms with Gasteiger partial charge in [0.15, 0.2) is 9.84 Å². The van der Waals surface area contributed by atoms with Crippen LogP contribution >= 0.6 is 0 Å². The zero-order valence-corrected chi connectivity index (χ0v) is 24.3. The summed E-state index contributed by atoms with van der Waals surface area (Å²) in [5.41, 5.74) is 3.46. The van der Waals surface area contributed by atoms with Crippen LogP contribution in [0, 0.1) is 5.92 Å². The van der Waals surface area contributed by atoms with Gasteiger partial charge in [-0.1, -0.05) is 24.3 Å². The average molecular weight is 628 g/mol. The number of alkyl halides is 3. The molecule has 2 aromatic carbocycles. The minimum absolute atomic E-state index is 0.00913. The van der Waals surface area contributed by atoms with Crippen molar-refractivity contribution in [3.05, 3.63) is 65.2 Å². The van der Waals surface area contributed by atoms with E-state index in [2.05, 4.69) is 0 Å².